The molecule has 0 bridgehead atoms. The molecule has 0 unspecified atom stereocenters. The fourth-order valence-corrected chi connectivity index (χ4v) is 2.29. The van der Waals surface area contributed by atoms with Crippen LogP contribution in [0.15, 0.2) is 42.7 Å². The van der Waals surface area contributed by atoms with Crippen molar-refractivity contribution >= 4 is 11.6 Å². The molecule has 96 valence electrons. The van der Waals surface area contributed by atoms with Gasteiger partial charge in [-0.2, -0.15) is 0 Å². The zero-order valence-electron chi connectivity index (χ0n) is 10.8. The summed E-state index contributed by atoms with van der Waals surface area (Å²) in [6.45, 7) is 1.73. The van der Waals surface area contributed by atoms with Gasteiger partial charge < -0.3 is 10.2 Å². The molecular weight excluding hydrogens is 238 g/mol. The summed E-state index contributed by atoms with van der Waals surface area (Å²) in [6, 6.07) is 9.59. The van der Waals surface area contributed by atoms with Gasteiger partial charge in [-0.15, -0.1) is 0 Å². The van der Waals surface area contributed by atoms with Crippen molar-refractivity contribution in [1.82, 2.24) is 10.3 Å². The summed E-state index contributed by atoms with van der Waals surface area (Å²) >= 11 is 0. The summed E-state index contributed by atoms with van der Waals surface area (Å²) in [5.74, 6) is -0.0114. The highest BCUT2D eigenvalue weighted by molar-refractivity contribution is 6.05. The zero-order chi connectivity index (χ0) is 13.2. The molecule has 0 spiro atoms. The Balaban J connectivity index is 1.88. The summed E-state index contributed by atoms with van der Waals surface area (Å²) < 4.78 is 0. The molecule has 1 N–H and O–H groups in total. The number of nitrogens with one attached hydrogen (secondary N) is 1. The van der Waals surface area contributed by atoms with Crippen LogP contribution in [0.2, 0.25) is 0 Å². The van der Waals surface area contributed by atoms with Crippen LogP contribution >= 0.6 is 0 Å². The Kier molecular flexibility index (Phi) is 3.01. The van der Waals surface area contributed by atoms with Crippen LogP contribution in [0.1, 0.15) is 21.5 Å². The van der Waals surface area contributed by atoms with Crippen molar-refractivity contribution in [2.24, 2.45) is 0 Å². The van der Waals surface area contributed by atoms with Crippen molar-refractivity contribution in [1.29, 1.82) is 0 Å². The number of anilines is 1. The van der Waals surface area contributed by atoms with Gasteiger partial charge >= 0.3 is 0 Å². The maximum Gasteiger partial charge on any atom is 0.258 e. The zero-order valence-corrected chi connectivity index (χ0v) is 10.8. The maximum atomic E-state index is 12.4. The number of fused-ring (bicyclic) bond motifs is 1. The van der Waals surface area contributed by atoms with Crippen LogP contribution in [0.4, 0.5) is 5.69 Å². The number of rotatable bonds is 2. The van der Waals surface area contributed by atoms with Crippen molar-refractivity contribution in [3.05, 3.63) is 59.4 Å². The molecule has 3 rings (SSSR count). The Labute approximate surface area is 112 Å². The summed E-state index contributed by atoms with van der Waals surface area (Å²) in [7, 11) is 1.77. The highest BCUT2D eigenvalue weighted by atomic mass is 16.2. The van der Waals surface area contributed by atoms with Crippen LogP contribution in [-0.2, 0) is 13.1 Å². The molecule has 0 saturated heterocycles. The first-order valence-corrected chi connectivity index (χ1v) is 6.26. The maximum absolute atomic E-state index is 12.4. The molecule has 2 aromatic rings. The van der Waals surface area contributed by atoms with Gasteiger partial charge in [0.2, 0.25) is 0 Å². The third-order valence-corrected chi connectivity index (χ3v) is 3.42. The number of carbonyl (C=O) groups is 1. The summed E-state index contributed by atoms with van der Waals surface area (Å²) in [5, 5.41) is 3.28. The Morgan fingerprint density at radius 3 is 2.89 bits per heavy atom. The second kappa shape index (κ2) is 4.82. The highest BCUT2D eigenvalue weighted by Crippen LogP contribution is 2.19. The lowest BCUT2D eigenvalue weighted by atomic mass is 10.1. The number of hydrogen-bond donors (Lipinski definition) is 1. The van der Waals surface area contributed by atoms with Gasteiger partial charge in [0.1, 0.15) is 0 Å². The van der Waals surface area contributed by atoms with Gasteiger partial charge in [-0.05, 0) is 35.4 Å². The summed E-state index contributed by atoms with van der Waals surface area (Å²) in [5.41, 5.74) is 4.01. The monoisotopic (exact) mass is 253 g/mol. The van der Waals surface area contributed by atoms with Crippen LogP contribution in [-0.4, -0.2) is 17.9 Å². The van der Waals surface area contributed by atoms with E-state index < -0.39 is 0 Å². The molecule has 1 aliphatic heterocycles. The average molecular weight is 253 g/mol. The van der Waals surface area contributed by atoms with E-state index in [0.29, 0.717) is 5.56 Å². The van der Waals surface area contributed by atoms with E-state index in [9.17, 15) is 4.79 Å². The number of benzene rings is 1. The van der Waals surface area contributed by atoms with Crippen molar-refractivity contribution in [2.75, 3.05) is 11.9 Å². The van der Waals surface area contributed by atoms with Crippen molar-refractivity contribution in [3.8, 4) is 0 Å². The van der Waals surface area contributed by atoms with Gasteiger partial charge in [0, 0.05) is 31.9 Å². The summed E-state index contributed by atoms with van der Waals surface area (Å²) in [6.07, 6.45) is 3.38. The molecular formula is C15H15N3O. The number of aromatic nitrogens is 1. The summed E-state index contributed by atoms with van der Waals surface area (Å²) in [4.78, 5) is 18.1. The van der Waals surface area contributed by atoms with E-state index in [4.69, 9.17) is 0 Å². The van der Waals surface area contributed by atoms with Gasteiger partial charge in [-0.25, -0.2) is 0 Å². The second-order valence-corrected chi connectivity index (χ2v) is 4.66. The average Bonchev–Trinajstić information content (AvgIpc) is 2.94. The van der Waals surface area contributed by atoms with E-state index in [1.807, 2.05) is 30.3 Å². The van der Waals surface area contributed by atoms with Gasteiger partial charge in [-0.3, -0.25) is 9.78 Å². The van der Waals surface area contributed by atoms with Crippen LogP contribution in [0.3, 0.4) is 0 Å². The smallest absolute Gasteiger partial charge is 0.258 e. The normalized spacial score (nSPS) is 13.1. The van der Waals surface area contributed by atoms with Crippen molar-refractivity contribution in [3.63, 3.8) is 0 Å². The van der Waals surface area contributed by atoms with Gasteiger partial charge in [0.25, 0.3) is 5.91 Å². The van der Waals surface area contributed by atoms with E-state index in [-0.39, 0.29) is 5.91 Å². The number of hydrogen-bond acceptors (Lipinski definition) is 3. The van der Waals surface area contributed by atoms with Crippen LogP contribution in [0.25, 0.3) is 0 Å². The minimum atomic E-state index is -0.0114. The van der Waals surface area contributed by atoms with Gasteiger partial charge in [0.05, 0.1) is 11.9 Å². The quantitative estimate of drug-likeness (QED) is 0.890. The Hall–Kier alpha value is -2.20. The first-order chi connectivity index (χ1) is 9.25. The first-order valence-electron chi connectivity index (χ1n) is 6.26. The van der Waals surface area contributed by atoms with E-state index in [0.717, 1.165) is 18.8 Å². The molecule has 1 amide bonds. The molecule has 2 heterocycles. The lowest BCUT2D eigenvalue weighted by molar-refractivity contribution is 0.0993. The fourth-order valence-electron chi connectivity index (χ4n) is 2.29. The van der Waals surface area contributed by atoms with Gasteiger partial charge in [0.15, 0.2) is 0 Å². The fraction of sp³-hybridized carbons (Fsp3) is 0.200. The Bertz CT molecular complexity index is 610. The van der Waals surface area contributed by atoms with E-state index in [1.54, 1.807) is 24.3 Å². The molecule has 0 radical (unpaired) electrons. The van der Waals surface area contributed by atoms with Crippen LogP contribution < -0.4 is 10.2 Å². The van der Waals surface area contributed by atoms with Crippen molar-refractivity contribution < 1.29 is 4.79 Å². The van der Waals surface area contributed by atoms with Crippen LogP contribution in [0, 0.1) is 0 Å². The molecule has 4 nitrogen and oxygen atoms in total. The van der Waals surface area contributed by atoms with E-state index >= 15 is 0 Å². The topological polar surface area (TPSA) is 45.2 Å². The van der Waals surface area contributed by atoms with Gasteiger partial charge in [-0.1, -0.05) is 6.07 Å². The molecule has 1 aromatic heterocycles. The third-order valence-electron chi connectivity index (χ3n) is 3.42. The molecule has 4 heteroatoms. The number of carbonyl (C=O) groups excluding carboxylic acids is 1. The van der Waals surface area contributed by atoms with Crippen LogP contribution in [0.5, 0.6) is 0 Å². The van der Waals surface area contributed by atoms with E-state index in [1.165, 1.54) is 11.1 Å². The standard InChI is InChI=1S/C15H15N3O/c1-18(14-3-2-6-16-10-14)15(19)11-4-5-12-8-17-9-13(12)7-11/h2-7,10,17H,8-9H2,1H3. The SMILES string of the molecule is CN(C(=O)c1ccc2c(c1)CNC2)c1cccnc1. The number of amides is 1. The number of nitrogens with zero attached hydrogens (tertiary/aromatic N) is 2. The Morgan fingerprint density at radius 1 is 1.26 bits per heavy atom. The van der Waals surface area contributed by atoms with Crippen molar-refractivity contribution in [2.45, 2.75) is 13.1 Å². The molecule has 0 saturated carbocycles. The predicted octanol–water partition coefficient (Wildman–Crippen LogP) is 1.96. The number of pyridine rings is 1. The molecule has 1 aliphatic rings. The molecule has 0 fully saturated rings. The Morgan fingerprint density at radius 2 is 2.11 bits per heavy atom. The molecule has 19 heavy (non-hydrogen) atoms. The predicted molar refractivity (Wildman–Crippen MR) is 74.0 cm³/mol. The molecule has 0 atom stereocenters. The van der Waals surface area contributed by atoms with E-state index in [2.05, 4.69) is 10.3 Å². The lowest BCUT2D eigenvalue weighted by Gasteiger charge is -2.17. The second-order valence-electron chi connectivity index (χ2n) is 4.66. The minimum absolute atomic E-state index is 0.0114. The molecule has 1 aromatic carbocycles. The largest absolute Gasteiger partial charge is 0.310 e. The molecule has 0 aliphatic carbocycles. The first kappa shape index (κ1) is 11.9. The third kappa shape index (κ3) is 2.22. The lowest BCUT2D eigenvalue weighted by Crippen LogP contribution is -2.26. The minimum Gasteiger partial charge on any atom is -0.310 e. The highest BCUT2D eigenvalue weighted by Gasteiger charge is 2.17.